The lowest BCUT2D eigenvalue weighted by Gasteiger charge is -2.40. The number of aromatic nitrogens is 4. The van der Waals surface area contributed by atoms with Crippen molar-refractivity contribution in [1.29, 1.82) is 10.5 Å². The van der Waals surface area contributed by atoms with Crippen LogP contribution >= 0.6 is 0 Å². The van der Waals surface area contributed by atoms with Gasteiger partial charge in [-0.25, -0.2) is 0 Å². The number of hydrogen-bond donors (Lipinski definition) is 0. The SMILES string of the molecule is N#CC1=C(n2c3ccccc3c3ccccc32)C(n2c3ccccc3c3ccccc32)=C(n2c3ccccc3c3ccccc32)C(C#N)(n2c3ccccc3c3ccccc32)C1. The first-order chi connectivity index (χ1) is 30.7. The number of nitriles is 2. The van der Waals surface area contributed by atoms with E-state index in [1.54, 1.807) is 0 Å². The molecule has 288 valence electrons. The summed E-state index contributed by atoms with van der Waals surface area (Å²) in [5, 5.41) is 33.1. The maximum atomic E-state index is 12.6. The van der Waals surface area contributed by atoms with E-state index in [1.807, 2.05) is 12.1 Å². The van der Waals surface area contributed by atoms with Crippen LogP contribution in [-0.4, -0.2) is 18.3 Å². The summed E-state index contributed by atoms with van der Waals surface area (Å²) in [4.78, 5) is 0. The number of fused-ring (bicyclic) bond motifs is 12. The third-order valence-electron chi connectivity index (χ3n) is 13.3. The molecule has 1 unspecified atom stereocenters. The first kappa shape index (κ1) is 34.3. The molecule has 13 rings (SSSR count). The van der Waals surface area contributed by atoms with Gasteiger partial charge in [-0.3, -0.25) is 0 Å². The van der Waals surface area contributed by atoms with Crippen molar-refractivity contribution in [2.75, 3.05) is 0 Å². The summed E-state index contributed by atoms with van der Waals surface area (Å²) in [6.07, 6.45) is 0.107. The van der Waals surface area contributed by atoms with E-state index in [-0.39, 0.29) is 6.42 Å². The number of allylic oxidation sites excluding steroid dienone is 4. The van der Waals surface area contributed by atoms with Gasteiger partial charge in [0.2, 0.25) is 0 Å². The van der Waals surface area contributed by atoms with Gasteiger partial charge in [0, 0.05) is 49.5 Å². The van der Waals surface area contributed by atoms with Crippen molar-refractivity contribution >= 4 is 104 Å². The van der Waals surface area contributed by atoms with Crippen molar-refractivity contribution in [2.45, 2.75) is 12.0 Å². The van der Waals surface area contributed by atoms with Crippen LogP contribution < -0.4 is 0 Å². The maximum Gasteiger partial charge on any atom is 0.180 e. The van der Waals surface area contributed by atoms with Crippen LogP contribution in [0.15, 0.2) is 200 Å². The summed E-state index contributed by atoms with van der Waals surface area (Å²) in [7, 11) is 0. The first-order valence-corrected chi connectivity index (χ1v) is 21.0. The lowest BCUT2D eigenvalue weighted by Crippen LogP contribution is -2.40. The van der Waals surface area contributed by atoms with Gasteiger partial charge in [0.05, 0.1) is 78.9 Å². The molecule has 0 spiro atoms. The average Bonchev–Trinajstić information content (AvgIpc) is 4.06. The van der Waals surface area contributed by atoms with Gasteiger partial charge in [0.25, 0.3) is 0 Å². The smallest absolute Gasteiger partial charge is 0.180 e. The molecular formula is C56H34N6. The highest BCUT2D eigenvalue weighted by Crippen LogP contribution is 2.55. The maximum absolute atomic E-state index is 12.6. The highest BCUT2D eigenvalue weighted by Gasteiger charge is 2.49. The second kappa shape index (κ2) is 12.7. The molecule has 0 aliphatic heterocycles. The van der Waals surface area contributed by atoms with E-state index >= 15 is 0 Å². The Kier molecular flexibility index (Phi) is 7.03. The number of nitrogens with zero attached hydrogens (tertiary/aromatic N) is 6. The normalized spacial score (nSPS) is 15.9. The molecule has 1 aliphatic carbocycles. The summed E-state index contributed by atoms with van der Waals surface area (Å²) in [5.74, 6) is 0. The molecular weight excluding hydrogens is 757 g/mol. The second-order valence-electron chi connectivity index (χ2n) is 16.3. The van der Waals surface area contributed by atoms with Crippen molar-refractivity contribution in [2.24, 2.45) is 0 Å². The lowest BCUT2D eigenvalue weighted by molar-refractivity contribution is 0.505. The lowest BCUT2D eigenvalue weighted by atomic mass is 9.80. The first-order valence-electron chi connectivity index (χ1n) is 21.0. The molecule has 12 aromatic rings. The molecule has 4 aromatic heterocycles. The fourth-order valence-corrected chi connectivity index (χ4v) is 10.9. The topological polar surface area (TPSA) is 67.3 Å². The molecule has 4 heterocycles. The average molecular weight is 791 g/mol. The summed E-state index contributed by atoms with van der Waals surface area (Å²) in [6.45, 7) is 0. The summed E-state index contributed by atoms with van der Waals surface area (Å²) in [6, 6.07) is 73.6. The molecule has 0 amide bonds. The van der Waals surface area contributed by atoms with Crippen LogP contribution in [0.1, 0.15) is 6.42 Å². The predicted molar refractivity (Wildman–Crippen MR) is 254 cm³/mol. The number of hydrogen-bond acceptors (Lipinski definition) is 2. The minimum Gasteiger partial charge on any atom is -0.316 e. The molecule has 1 atom stereocenters. The Morgan fingerprint density at radius 3 is 0.935 bits per heavy atom. The van der Waals surface area contributed by atoms with Gasteiger partial charge < -0.3 is 18.3 Å². The molecule has 1 aliphatic rings. The Balaban J connectivity index is 1.36. The van der Waals surface area contributed by atoms with Gasteiger partial charge in [-0.05, 0) is 48.5 Å². The number of rotatable bonds is 4. The highest BCUT2D eigenvalue weighted by molar-refractivity contribution is 6.23. The predicted octanol–water partition coefficient (Wildman–Crippen LogP) is 13.7. The third kappa shape index (κ3) is 4.35. The molecule has 0 N–H and O–H groups in total. The summed E-state index contributed by atoms with van der Waals surface area (Å²) >= 11 is 0. The molecule has 62 heavy (non-hydrogen) atoms. The molecule has 0 radical (unpaired) electrons. The zero-order valence-corrected chi connectivity index (χ0v) is 33.4. The highest BCUT2D eigenvalue weighted by atomic mass is 15.2. The van der Waals surface area contributed by atoms with Crippen LogP contribution in [0.2, 0.25) is 0 Å². The quantitative estimate of drug-likeness (QED) is 0.178. The Labute approximate surface area is 355 Å². The Morgan fingerprint density at radius 1 is 0.339 bits per heavy atom. The molecule has 0 saturated heterocycles. The monoisotopic (exact) mass is 790 g/mol. The van der Waals surface area contributed by atoms with Crippen LogP contribution in [0.25, 0.3) is 104 Å². The largest absolute Gasteiger partial charge is 0.316 e. The van der Waals surface area contributed by atoms with Gasteiger partial charge in [-0.1, -0.05) is 146 Å². The van der Waals surface area contributed by atoms with Crippen molar-refractivity contribution < 1.29 is 0 Å². The van der Waals surface area contributed by atoms with E-state index < -0.39 is 5.54 Å². The van der Waals surface area contributed by atoms with Crippen molar-refractivity contribution in [1.82, 2.24) is 18.3 Å². The zero-order chi connectivity index (χ0) is 41.1. The van der Waals surface area contributed by atoms with Gasteiger partial charge in [-0.15, -0.1) is 0 Å². The number of benzene rings is 8. The second-order valence-corrected chi connectivity index (χ2v) is 16.3. The van der Waals surface area contributed by atoms with Gasteiger partial charge >= 0.3 is 0 Å². The van der Waals surface area contributed by atoms with Crippen molar-refractivity contribution in [3.8, 4) is 12.1 Å². The van der Waals surface area contributed by atoms with Crippen molar-refractivity contribution in [3.63, 3.8) is 0 Å². The summed E-state index contributed by atoms with van der Waals surface area (Å²) in [5.41, 5.74) is 9.06. The molecule has 6 heteroatoms. The van der Waals surface area contributed by atoms with E-state index in [0.29, 0.717) is 5.57 Å². The molecule has 0 saturated carbocycles. The molecule has 8 aromatic carbocycles. The van der Waals surface area contributed by atoms with Crippen LogP contribution in [0.4, 0.5) is 0 Å². The standard InChI is InChI=1S/C56H34N6/c57-34-36-33-56(35-58,62-51-31-15-7-23-43(51)44-24-8-16-32-52(44)62)55(61-49-29-13-5-21-41(49)42-22-6-14-30-50(42)61)54(60-47-27-11-3-19-39(47)40-20-4-12-28-48(40)60)53(36)59-45-25-9-1-17-37(45)38-18-2-10-26-46(38)59/h1-32H,33H2. The van der Waals surface area contributed by atoms with E-state index in [0.717, 1.165) is 104 Å². The molecule has 0 bridgehead atoms. The van der Waals surface area contributed by atoms with Crippen molar-refractivity contribution in [3.05, 3.63) is 200 Å². The van der Waals surface area contributed by atoms with Gasteiger partial charge in [0.1, 0.15) is 0 Å². The summed E-state index contributed by atoms with van der Waals surface area (Å²) < 4.78 is 9.23. The Hall–Kier alpha value is -8.58. The van der Waals surface area contributed by atoms with Gasteiger partial charge in [0.15, 0.2) is 5.54 Å². The minimum absolute atomic E-state index is 0.107. The fraction of sp³-hybridized carbons (Fsp3) is 0.0357. The van der Waals surface area contributed by atoms with Crippen LogP contribution in [0.5, 0.6) is 0 Å². The van der Waals surface area contributed by atoms with E-state index in [2.05, 4.69) is 212 Å². The van der Waals surface area contributed by atoms with E-state index in [1.165, 1.54) is 0 Å². The fourth-order valence-electron chi connectivity index (χ4n) is 10.9. The van der Waals surface area contributed by atoms with E-state index in [4.69, 9.17) is 0 Å². The number of para-hydroxylation sites is 8. The zero-order valence-electron chi connectivity index (χ0n) is 33.4. The molecule has 6 nitrogen and oxygen atoms in total. The van der Waals surface area contributed by atoms with Crippen LogP contribution in [0.3, 0.4) is 0 Å². The van der Waals surface area contributed by atoms with Gasteiger partial charge in [-0.2, -0.15) is 10.5 Å². The van der Waals surface area contributed by atoms with Crippen LogP contribution in [-0.2, 0) is 5.54 Å². The van der Waals surface area contributed by atoms with E-state index in [9.17, 15) is 10.5 Å². The third-order valence-corrected chi connectivity index (χ3v) is 13.3. The minimum atomic E-state index is -1.47. The Morgan fingerprint density at radius 2 is 0.613 bits per heavy atom. The van der Waals surface area contributed by atoms with Crippen LogP contribution in [0, 0.1) is 22.7 Å². The Bertz CT molecular complexity index is 3840. The molecule has 0 fully saturated rings.